The van der Waals surface area contributed by atoms with Crippen LogP contribution in [0.4, 0.5) is 0 Å². The second-order valence-electron chi connectivity index (χ2n) is 6.34. The molecule has 3 atom stereocenters. The highest BCUT2D eigenvalue weighted by molar-refractivity contribution is 5.79. The summed E-state index contributed by atoms with van der Waals surface area (Å²) in [4.78, 5) is 4.43. The van der Waals surface area contributed by atoms with Crippen molar-refractivity contribution in [2.75, 3.05) is 6.54 Å². The van der Waals surface area contributed by atoms with Gasteiger partial charge >= 0.3 is 0 Å². The van der Waals surface area contributed by atoms with E-state index in [2.05, 4.69) is 48.4 Å². The third kappa shape index (κ3) is 3.11. The molecular formula is C19H26N2. The van der Waals surface area contributed by atoms with E-state index in [0.717, 1.165) is 23.9 Å². The number of benzene rings is 1. The second kappa shape index (κ2) is 6.57. The summed E-state index contributed by atoms with van der Waals surface area (Å²) in [5.74, 6) is 1.71. The largest absolute Gasteiger partial charge is 0.310 e. The lowest BCUT2D eigenvalue weighted by atomic mass is 9.89. The zero-order chi connectivity index (χ0) is 14.7. The number of hydrogen-bond acceptors (Lipinski definition) is 2. The molecule has 0 aliphatic heterocycles. The monoisotopic (exact) mass is 282 g/mol. The second-order valence-corrected chi connectivity index (χ2v) is 6.34. The summed E-state index contributed by atoms with van der Waals surface area (Å²) >= 11 is 0. The van der Waals surface area contributed by atoms with Gasteiger partial charge in [-0.3, -0.25) is 4.98 Å². The number of rotatable bonds is 5. The summed E-state index contributed by atoms with van der Waals surface area (Å²) in [7, 11) is 0. The number of nitrogens with zero attached hydrogens (tertiary/aromatic N) is 1. The molecule has 0 spiro atoms. The Morgan fingerprint density at radius 3 is 2.90 bits per heavy atom. The van der Waals surface area contributed by atoms with Gasteiger partial charge in [0.15, 0.2) is 0 Å². The van der Waals surface area contributed by atoms with Gasteiger partial charge in [-0.05, 0) is 55.0 Å². The molecule has 3 rings (SSSR count). The van der Waals surface area contributed by atoms with E-state index < -0.39 is 0 Å². The first kappa shape index (κ1) is 14.5. The lowest BCUT2D eigenvalue weighted by Gasteiger charge is -2.25. The number of pyridine rings is 1. The average molecular weight is 282 g/mol. The van der Waals surface area contributed by atoms with Crippen molar-refractivity contribution in [1.29, 1.82) is 0 Å². The van der Waals surface area contributed by atoms with Crippen molar-refractivity contribution in [2.45, 2.75) is 45.6 Å². The van der Waals surface area contributed by atoms with Crippen molar-refractivity contribution in [3.05, 3.63) is 42.1 Å². The molecule has 0 radical (unpaired) electrons. The maximum atomic E-state index is 4.43. The zero-order valence-electron chi connectivity index (χ0n) is 13.2. The lowest BCUT2D eigenvalue weighted by molar-refractivity contribution is 0.359. The van der Waals surface area contributed by atoms with E-state index in [-0.39, 0.29) is 0 Å². The quantitative estimate of drug-likeness (QED) is 0.859. The standard InChI is InChI=1S/C19H26N2/c1-3-14-7-8-16(12-14)19(20-4-2)17-9-10-18-15(13-17)6-5-11-21-18/h5-6,9-11,13-14,16,19-20H,3-4,7-8,12H2,1-2H3. The van der Waals surface area contributed by atoms with Crippen molar-refractivity contribution in [3.63, 3.8) is 0 Å². The van der Waals surface area contributed by atoms with Gasteiger partial charge in [0.05, 0.1) is 5.52 Å². The minimum atomic E-state index is 0.496. The topological polar surface area (TPSA) is 24.9 Å². The lowest BCUT2D eigenvalue weighted by Crippen LogP contribution is -2.27. The Hall–Kier alpha value is -1.41. The summed E-state index contributed by atoms with van der Waals surface area (Å²) in [5, 5.41) is 4.98. The molecule has 3 unspecified atom stereocenters. The van der Waals surface area contributed by atoms with Crippen molar-refractivity contribution >= 4 is 10.9 Å². The number of aromatic nitrogens is 1. The van der Waals surface area contributed by atoms with E-state index in [1.54, 1.807) is 0 Å². The molecule has 2 nitrogen and oxygen atoms in total. The Morgan fingerprint density at radius 1 is 1.24 bits per heavy atom. The molecule has 0 amide bonds. The molecule has 0 saturated heterocycles. The van der Waals surface area contributed by atoms with Gasteiger partial charge in [0.2, 0.25) is 0 Å². The van der Waals surface area contributed by atoms with Crippen molar-refractivity contribution in [3.8, 4) is 0 Å². The fraction of sp³-hybridized carbons (Fsp3) is 0.526. The van der Waals surface area contributed by atoms with Crippen molar-refractivity contribution in [1.82, 2.24) is 10.3 Å². The molecule has 1 N–H and O–H groups in total. The molecule has 1 heterocycles. The molecule has 112 valence electrons. The van der Waals surface area contributed by atoms with Gasteiger partial charge in [-0.2, -0.15) is 0 Å². The number of hydrogen-bond donors (Lipinski definition) is 1. The van der Waals surface area contributed by atoms with Gasteiger partial charge in [-0.1, -0.05) is 38.8 Å². The van der Waals surface area contributed by atoms with Crippen LogP contribution in [0.3, 0.4) is 0 Å². The highest BCUT2D eigenvalue weighted by atomic mass is 14.9. The molecule has 21 heavy (non-hydrogen) atoms. The molecule has 1 aromatic heterocycles. The average Bonchev–Trinajstić information content (AvgIpc) is 3.01. The summed E-state index contributed by atoms with van der Waals surface area (Å²) in [6.45, 7) is 5.57. The molecule has 1 aromatic carbocycles. The van der Waals surface area contributed by atoms with Crippen LogP contribution in [0.15, 0.2) is 36.5 Å². The minimum Gasteiger partial charge on any atom is -0.310 e. The molecule has 2 heteroatoms. The van der Waals surface area contributed by atoms with Gasteiger partial charge in [-0.25, -0.2) is 0 Å². The Balaban J connectivity index is 1.88. The van der Waals surface area contributed by atoms with E-state index in [4.69, 9.17) is 0 Å². The Morgan fingerprint density at radius 2 is 2.14 bits per heavy atom. The summed E-state index contributed by atoms with van der Waals surface area (Å²) in [6.07, 6.45) is 7.34. The van der Waals surface area contributed by atoms with E-state index in [9.17, 15) is 0 Å². The van der Waals surface area contributed by atoms with Gasteiger partial charge in [0, 0.05) is 17.6 Å². The number of nitrogens with one attached hydrogen (secondary N) is 1. The normalized spacial score (nSPS) is 23.5. The number of fused-ring (bicyclic) bond motifs is 1. The van der Waals surface area contributed by atoms with Crippen LogP contribution >= 0.6 is 0 Å². The van der Waals surface area contributed by atoms with Gasteiger partial charge in [-0.15, -0.1) is 0 Å². The first-order chi connectivity index (χ1) is 10.3. The highest BCUT2D eigenvalue weighted by Crippen LogP contribution is 2.40. The molecule has 0 bridgehead atoms. The van der Waals surface area contributed by atoms with E-state index in [1.165, 1.54) is 36.6 Å². The molecule has 1 saturated carbocycles. The maximum Gasteiger partial charge on any atom is 0.0702 e. The first-order valence-electron chi connectivity index (χ1n) is 8.39. The van der Waals surface area contributed by atoms with Gasteiger partial charge in [0.25, 0.3) is 0 Å². The zero-order valence-corrected chi connectivity index (χ0v) is 13.2. The van der Waals surface area contributed by atoms with Crippen LogP contribution in [0.25, 0.3) is 10.9 Å². The van der Waals surface area contributed by atoms with Crippen LogP contribution in [0, 0.1) is 11.8 Å². The minimum absolute atomic E-state index is 0.496. The summed E-state index contributed by atoms with van der Waals surface area (Å²) < 4.78 is 0. The van der Waals surface area contributed by atoms with Crippen molar-refractivity contribution in [2.24, 2.45) is 11.8 Å². The van der Waals surface area contributed by atoms with Crippen LogP contribution < -0.4 is 5.32 Å². The SMILES string of the molecule is CCNC(c1ccc2ncccc2c1)C1CCC(CC)C1. The maximum absolute atomic E-state index is 4.43. The van der Waals surface area contributed by atoms with E-state index in [1.807, 2.05) is 12.3 Å². The predicted molar refractivity (Wildman–Crippen MR) is 89.3 cm³/mol. The van der Waals surface area contributed by atoms with Crippen LogP contribution in [0.5, 0.6) is 0 Å². The van der Waals surface area contributed by atoms with Gasteiger partial charge < -0.3 is 5.32 Å². The smallest absolute Gasteiger partial charge is 0.0702 e. The first-order valence-corrected chi connectivity index (χ1v) is 8.39. The summed E-state index contributed by atoms with van der Waals surface area (Å²) in [6, 6.07) is 11.4. The molecule has 1 aliphatic rings. The van der Waals surface area contributed by atoms with Crippen LogP contribution in [-0.2, 0) is 0 Å². The van der Waals surface area contributed by atoms with E-state index in [0.29, 0.717) is 6.04 Å². The highest BCUT2D eigenvalue weighted by Gasteiger charge is 2.30. The Labute approximate surface area is 128 Å². The molecule has 1 aliphatic carbocycles. The van der Waals surface area contributed by atoms with Crippen molar-refractivity contribution < 1.29 is 0 Å². The van der Waals surface area contributed by atoms with Crippen LogP contribution in [0.1, 0.15) is 51.1 Å². The van der Waals surface area contributed by atoms with Gasteiger partial charge in [0.1, 0.15) is 0 Å². The third-order valence-corrected chi connectivity index (χ3v) is 5.04. The Kier molecular flexibility index (Phi) is 4.54. The predicted octanol–water partition coefficient (Wildman–Crippen LogP) is 4.71. The van der Waals surface area contributed by atoms with Crippen LogP contribution in [0.2, 0.25) is 0 Å². The molecular weight excluding hydrogens is 256 g/mol. The fourth-order valence-electron chi connectivity index (χ4n) is 3.85. The molecule has 1 fully saturated rings. The fourth-order valence-corrected chi connectivity index (χ4v) is 3.85. The summed E-state index contributed by atoms with van der Waals surface area (Å²) in [5.41, 5.74) is 2.52. The third-order valence-electron chi connectivity index (χ3n) is 5.04. The van der Waals surface area contributed by atoms with E-state index >= 15 is 0 Å². The molecule has 2 aromatic rings. The van der Waals surface area contributed by atoms with Crippen LogP contribution in [-0.4, -0.2) is 11.5 Å². The Bertz CT molecular complexity index is 593.